The van der Waals surface area contributed by atoms with Gasteiger partial charge < -0.3 is 10.1 Å². The smallest absolute Gasteiger partial charge is 0.339 e. The average molecular weight is 378 g/mol. The number of aromatic nitrogens is 3. The molecule has 1 aliphatic rings. The van der Waals surface area contributed by atoms with E-state index in [9.17, 15) is 9.18 Å². The SMILES string of the molecule is COC(=O)c1ccc(CNc2ccc(-c3ccc(F)cc3)nn2)nc1C1CC1. The van der Waals surface area contributed by atoms with E-state index >= 15 is 0 Å². The van der Waals surface area contributed by atoms with Crippen molar-refractivity contribution < 1.29 is 13.9 Å². The van der Waals surface area contributed by atoms with Gasteiger partial charge in [-0.1, -0.05) is 0 Å². The van der Waals surface area contributed by atoms with Crippen molar-refractivity contribution in [2.24, 2.45) is 0 Å². The predicted octanol–water partition coefficient (Wildman–Crippen LogP) is 3.95. The summed E-state index contributed by atoms with van der Waals surface area (Å²) in [4.78, 5) is 16.6. The van der Waals surface area contributed by atoms with E-state index in [1.165, 1.54) is 19.2 Å². The van der Waals surface area contributed by atoms with Crippen LogP contribution in [0.3, 0.4) is 0 Å². The van der Waals surface area contributed by atoms with Gasteiger partial charge in [0.15, 0.2) is 0 Å². The Balaban J connectivity index is 1.45. The first-order valence-electron chi connectivity index (χ1n) is 9.05. The number of carbonyl (C=O) groups excluding carboxylic acids is 1. The lowest BCUT2D eigenvalue weighted by Gasteiger charge is -2.10. The van der Waals surface area contributed by atoms with E-state index in [-0.39, 0.29) is 11.8 Å². The molecule has 142 valence electrons. The molecule has 0 atom stereocenters. The lowest BCUT2D eigenvalue weighted by atomic mass is 10.1. The summed E-state index contributed by atoms with van der Waals surface area (Å²) in [5.41, 5.74) is 3.64. The molecule has 7 heteroatoms. The van der Waals surface area contributed by atoms with Crippen molar-refractivity contribution in [3.63, 3.8) is 0 Å². The summed E-state index contributed by atoms with van der Waals surface area (Å²) in [7, 11) is 1.38. The number of hydrogen-bond donors (Lipinski definition) is 1. The zero-order valence-corrected chi connectivity index (χ0v) is 15.4. The van der Waals surface area contributed by atoms with E-state index in [1.807, 2.05) is 18.2 Å². The van der Waals surface area contributed by atoms with Crippen LogP contribution in [0.1, 0.15) is 40.5 Å². The topological polar surface area (TPSA) is 77.0 Å². The molecule has 0 amide bonds. The summed E-state index contributed by atoms with van der Waals surface area (Å²) in [5.74, 6) is 0.309. The van der Waals surface area contributed by atoms with Crippen LogP contribution in [0.15, 0.2) is 48.5 Å². The summed E-state index contributed by atoms with van der Waals surface area (Å²) < 4.78 is 17.9. The van der Waals surface area contributed by atoms with E-state index in [4.69, 9.17) is 4.74 Å². The second-order valence-corrected chi connectivity index (χ2v) is 6.67. The molecule has 0 unspecified atom stereocenters. The number of rotatable bonds is 6. The molecule has 4 rings (SSSR count). The summed E-state index contributed by atoms with van der Waals surface area (Å²) >= 11 is 0. The number of ether oxygens (including phenoxy) is 1. The van der Waals surface area contributed by atoms with Crippen molar-refractivity contribution in [2.45, 2.75) is 25.3 Å². The Morgan fingerprint density at radius 2 is 1.89 bits per heavy atom. The normalized spacial score (nSPS) is 13.2. The number of methoxy groups -OCH3 is 1. The van der Waals surface area contributed by atoms with Crippen LogP contribution in [0.5, 0.6) is 0 Å². The van der Waals surface area contributed by atoms with Crippen LogP contribution >= 0.6 is 0 Å². The van der Waals surface area contributed by atoms with E-state index in [0.717, 1.165) is 29.8 Å². The molecule has 1 aliphatic carbocycles. The van der Waals surface area contributed by atoms with Crippen LogP contribution in [0.25, 0.3) is 11.3 Å². The molecule has 2 heterocycles. The Labute approximate surface area is 161 Å². The van der Waals surface area contributed by atoms with Gasteiger partial charge in [-0.15, -0.1) is 10.2 Å². The maximum Gasteiger partial charge on any atom is 0.339 e. The summed E-state index contributed by atoms with van der Waals surface area (Å²) in [6.45, 7) is 0.464. The van der Waals surface area contributed by atoms with Crippen LogP contribution in [-0.4, -0.2) is 28.3 Å². The molecule has 0 radical (unpaired) electrons. The van der Waals surface area contributed by atoms with Crippen molar-refractivity contribution in [1.29, 1.82) is 0 Å². The van der Waals surface area contributed by atoms with Gasteiger partial charge in [-0.05, 0) is 61.4 Å². The van der Waals surface area contributed by atoms with Gasteiger partial charge in [-0.2, -0.15) is 0 Å². The van der Waals surface area contributed by atoms with Crippen LogP contribution < -0.4 is 5.32 Å². The molecule has 1 fully saturated rings. The van der Waals surface area contributed by atoms with Crippen LogP contribution in [-0.2, 0) is 11.3 Å². The molecule has 28 heavy (non-hydrogen) atoms. The fourth-order valence-electron chi connectivity index (χ4n) is 2.95. The molecule has 3 aromatic rings. The van der Waals surface area contributed by atoms with Crippen molar-refractivity contribution in [2.75, 3.05) is 12.4 Å². The minimum Gasteiger partial charge on any atom is -0.465 e. The monoisotopic (exact) mass is 378 g/mol. The van der Waals surface area contributed by atoms with Gasteiger partial charge in [0, 0.05) is 11.5 Å². The third-order valence-electron chi connectivity index (χ3n) is 4.61. The van der Waals surface area contributed by atoms with Crippen LogP contribution in [0.2, 0.25) is 0 Å². The molecular weight excluding hydrogens is 359 g/mol. The van der Waals surface area contributed by atoms with Gasteiger partial charge in [0.25, 0.3) is 0 Å². The van der Waals surface area contributed by atoms with Gasteiger partial charge >= 0.3 is 5.97 Å². The minimum absolute atomic E-state index is 0.286. The van der Waals surface area contributed by atoms with Crippen molar-refractivity contribution in [3.8, 4) is 11.3 Å². The Hall–Kier alpha value is -3.35. The van der Waals surface area contributed by atoms with Crippen molar-refractivity contribution in [1.82, 2.24) is 15.2 Å². The Bertz CT molecular complexity index is 986. The second-order valence-electron chi connectivity index (χ2n) is 6.67. The zero-order chi connectivity index (χ0) is 19.5. The highest BCUT2D eigenvalue weighted by Crippen LogP contribution is 2.40. The largest absolute Gasteiger partial charge is 0.465 e. The zero-order valence-electron chi connectivity index (χ0n) is 15.4. The highest BCUT2D eigenvalue weighted by Gasteiger charge is 2.30. The van der Waals surface area contributed by atoms with Gasteiger partial charge in [0.2, 0.25) is 0 Å². The molecular formula is C21H19FN4O2. The van der Waals surface area contributed by atoms with E-state index in [1.54, 1.807) is 18.2 Å². The highest BCUT2D eigenvalue weighted by atomic mass is 19.1. The molecule has 0 spiro atoms. The van der Waals surface area contributed by atoms with Crippen LogP contribution in [0, 0.1) is 5.82 Å². The fourth-order valence-corrected chi connectivity index (χ4v) is 2.95. The Morgan fingerprint density at radius 3 is 2.54 bits per heavy atom. The van der Waals surface area contributed by atoms with E-state index in [0.29, 0.717) is 29.5 Å². The summed E-state index contributed by atoms with van der Waals surface area (Å²) in [6, 6.07) is 13.3. The maximum absolute atomic E-state index is 13.0. The van der Waals surface area contributed by atoms with Crippen molar-refractivity contribution in [3.05, 3.63) is 71.3 Å². The van der Waals surface area contributed by atoms with E-state index < -0.39 is 0 Å². The Morgan fingerprint density at radius 1 is 1.11 bits per heavy atom. The first kappa shape index (κ1) is 18.0. The molecule has 1 aromatic carbocycles. The number of benzene rings is 1. The maximum atomic E-state index is 13.0. The number of halogens is 1. The standard InChI is InChI=1S/C21H19FN4O2/c1-28-21(27)17-9-8-16(24-20(17)14-2-3-14)12-23-19-11-10-18(25-26-19)13-4-6-15(22)7-5-13/h4-11,14H,2-3,12H2,1H3,(H,23,26). The average Bonchev–Trinajstić information content (AvgIpc) is 3.58. The Kier molecular flexibility index (Phi) is 4.97. The summed E-state index contributed by atoms with van der Waals surface area (Å²) in [5, 5.41) is 11.5. The number of anilines is 1. The third-order valence-corrected chi connectivity index (χ3v) is 4.61. The van der Waals surface area contributed by atoms with Gasteiger partial charge in [0.05, 0.1) is 36.3 Å². The number of nitrogens with zero attached hydrogens (tertiary/aromatic N) is 3. The number of esters is 1. The minimum atomic E-state index is -0.351. The van der Waals surface area contributed by atoms with E-state index in [2.05, 4.69) is 20.5 Å². The predicted molar refractivity (Wildman–Crippen MR) is 102 cm³/mol. The third kappa shape index (κ3) is 3.98. The number of carbonyl (C=O) groups is 1. The van der Waals surface area contributed by atoms with Crippen molar-refractivity contribution >= 4 is 11.8 Å². The number of hydrogen-bond acceptors (Lipinski definition) is 6. The molecule has 0 bridgehead atoms. The highest BCUT2D eigenvalue weighted by molar-refractivity contribution is 5.90. The molecule has 1 N–H and O–H groups in total. The van der Waals surface area contributed by atoms with Gasteiger partial charge in [-0.3, -0.25) is 4.98 Å². The second kappa shape index (κ2) is 7.72. The molecule has 6 nitrogen and oxygen atoms in total. The lowest BCUT2D eigenvalue weighted by molar-refractivity contribution is 0.0598. The molecule has 0 aliphatic heterocycles. The lowest BCUT2D eigenvalue weighted by Crippen LogP contribution is -2.10. The van der Waals surface area contributed by atoms with Crippen LogP contribution in [0.4, 0.5) is 10.2 Å². The number of pyridine rings is 1. The molecule has 0 saturated heterocycles. The molecule has 2 aromatic heterocycles. The quantitative estimate of drug-likeness (QED) is 0.655. The summed E-state index contributed by atoms with van der Waals surface area (Å²) in [6.07, 6.45) is 2.09. The first-order valence-corrected chi connectivity index (χ1v) is 9.05. The van der Waals surface area contributed by atoms with Gasteiger partial charge in [0.1, 0.15) is 11.6 Å². The first-order chi connectivity index (χ1) is 13.6. The molecule has 1 saturated carbocycles. The van der Waals surface area contributed by atoms with Gasteiger partial charge in [-0.25, -0.2) is 9.18 Å². The number of nitrogens with one attached hydrogen (secondary N) is 1. The fraction of sp³-hybridized carbons (Fsp3) is 0.238.